The number of aromatic amines is 1. The third-order valence-corrected chi connectivity index (χ3v) is 5.42. The molecule has 1 atom stereocenters. The maximum atomic E-state index is 12.1. The summed E-state index contributed by atoms with van der Waals surface area (Å²) >= 11 is 1.31. The van der Waals surface area contributed by atoms with E-state index in [-0.39, 0.29) is 5.56 Å². The van der Waals surface area contributed by atoms with Gasteiger partial charge in [0.2, 0.25) is 0 Å². The van der Waals surface area contributed by atoms with Crippen LogP contribution in [0.5, 0.6) is 0 Å². The van der Waals surface area contributed by atoms with Crippen LogP contribution in [0.15, 0.2) is 63.4 Å². The molecule has 0 spiro atoms. The van der Waals surface area contributed by atoms with Crippen LogP contribution in [0.2, 0.25) is 0 Å². The van der Waals surface area contributed by atoms with Gasteiger partial charge in [-0.15, -0.1) is 0 Å². The Morgan fingerprint density at radius 3 is 2.38 bits per heavy atom. The number of nitriles is 1. The minimum absolute atomic E-state index is 0.00869. The van der Waals surface area contributed by atoms with Gasteiger partial charge in [-0.2, -0.15) is 5.26 Å². The van der Waals surface area contributed by atoms with Crippen LogP contribution < -0.4 is 5.56 Å². The van der Waals surface area contributed by atoms with E-state index in [1.807, 2.05) is 54.6 Å². The molecule has 1 N–H and O–H groups in total. The molecule has 0 aliphatic heterocycles. The van der Waals surface area contributed by atoms with Crippen molar-refractivity contribution in [3.8, 4) is 28.5 Å². The van der Waals surface area contributed by atoms with Gasteiger partial charge in [0.15, 0.2) is 5.16 Å². The lowest BCUT2D eigenvalue weighted by atomic mass is 10.0. The van der Waals surface area contributed by atoms with Crippen molar-refractivity contribution in [3.63, 3.8) is 0 Å². The van der Waals surface area contributed by atoms with E-state index in [4.69, 9.17) is 0 Å². The number of rotatable bonds is 4. The second kappa shape index (κ2) is 7.68. The number of hydrogen-bond acceptors (Lipinski definition) is 5. The number of benzene rings is 2. The number of aromatic nitrogens is 2. The van der Waals surface area contributed by atoms with E-state index in [0.29, 0.717) is 16.4 Å². The normalized spacial score (nSPS) is 11.7. The van der Waals surface area contributed by atoms with E-state index in [2.05, 4.69) is 9.97 Å². The average Bonchev–Trinajstić information content (AvgIpc) is 2.67. The van der Waals surface area contributed by atoms with Gasteiger partial charge < -0.3 is 4.98 Å². The fraction of sp³-hybridized carbons (Fsp3) is 0.105. The van der Waals surface area contributed by atoms with Gasteiger partial charge >= 0.3 is 0 Å². The summed E-state index contributed by atoms with van der Waals surface area (Å²) in [7, 11) is -1.10. The van der Waals surface area contributed by atoms with Crippen LogP contribution in [0, 0.1) is 11.3 Å². The zero-order valence-corrected chi connectivity index (χ0v) is 15.8. The lowest BCUT2D eigenvalue weighted by Crippen LogP contribution is -2.14. The maximum absolute atomic E-state index is 12.1. The standard InChI is InChI=1S/C19H15N3O2S2/c1-25-19-21-17(15(11-20)18(23)22-19)13-9-7-12(8-10-13)14-5-3-4-6-16(14)26(2)24/h3-10H,1-2H3,(H,21,22,23). The average molecular weight is 381 g/mol. The van der Waals surface area contributed by atoms with Crippen molar-refractivity contribution in [3.05, 3.63) is 64.4 Å². The highest BCUT2D eigenvalue weighted by Gasteiger charge is 2.14. The molecule has 0 saturated carbocycles. The van der Waals surface area contributed by atoms with Crippen LogP contribution in [0.3, 0.4) is 0 Å². The number of hydrogen-bond donors (Lipinski definition) is 1. The molecule has 2 aromatic carbocycles. The number of nitrogens with one attached hydrogen (secondary N) is 1. The third-order valence-electron chi connectivity index (χ3n) is 3.87. The molecular weight excluding hydrogens is 366 g/mol. The zero-order chi connectivity index (χ0) is 18.7. The number of thioether (sulfide) groups is 1. The topological polar surface area (TPSA) is 86.6 Å². The first kappa shape index (κ1) is 18.1. The van der Waals surface area contributed by atoms with E-state index in [9.17, 15) is 14.3 Å². The summed E-state index contributed by atoms with van der Waals surface area (Å²) in [5.41, 5.74) is 2.39. The Hall–Kier alpha value is -2.69. The van der Waals surface area contributed by atoms with E-state index >= 15 is 0 Å². The lowest BCUT2D eigenvalue weighted by Gasteiger charge is -2.09. The molecule has 5 nitrogen and oxygen atoms in total. The molecule has 0 fully saturated rings. The minimum Gasteiger partial charge on any atom is -0.300 e. The van der Waals surface area contributed by atoms with Crippen molar-refractivity contribution >= 4 is 22.6 Å². The van der Waals surface area contributed by atoms with Crippen molar-refractivity contribution in [2.24, 2.45) is 0 Å². The van der Waals surface area contributed by atoms with Crippen LogP contribution in [-0.4, -0.2) is 26.7 Å². The van der Waals surface area contributed by atoms with E-state index in [0.717, 1.165) is 16.0 Å². The van der Waals surface area contributed by atoms with E-state index in [1.54, 1.807) is 12.5 Å². The molecular formula is C19H15N3O2S2. The highest BCUT2D eigenvalue weighted by molar-refractivity contribution is 7.98. The van der Waals surface area contributed by atoms with Crippen LogP contribution in [0.1, 0.15) is 5.56 Å². The SMILES string of the molecule is CSc1nc(-c2ccc(-c3ccccc3S(C)=O)cc2)c(C#N)c(=O)[nH]1. The molecule has 1 aromatic heterocycles. The Bertz CT molecular complexity index is 1080. The molecule has 26 heavy (non-hydrogen) atoms. The lowest BCUT2D eigenvalue weighted by molar-refractivity contribution is 0.687. The van der Waals surface area contributed by atoms with Gasteiger partial charge in [-0.1, -0.05) is 54.2 Å². The highest BCUT2D eigenvalue weighted by atomic mass is 32.2. The summed E-state index contributed by atoms with van der Waals surface area (Å²) in [5.74, 6) is 0. The molecule has 1 heterocycles. The molecule has 0 aliphatic carbocycles. The molecule has 3 aromatic rings. The van der Waals surface area contributed by atoms with Crippen molar-refractivity contribution < 1.29 is 4.21 Å². The van der Waals surface area contributed by atoms with Gasteiger partial charge in [0, 0.05) is 16.7 Å². The molecule has 1 unspecified atom stereocenters. The molecule has 0 saturated heterocycles. The van der Waals surface area contributed by atoms with Crippen molar-refractivity contribution in [1.29, 1.82) is 5.26 Å². The molecule has 0 aliphatic rings. The summed E-state index contributed by atoms with van der Waals surface area (Å²) < 4.78 is 11.9. The van der Waals surface area contributed by atoms with Crippen LogP contribution >= 0.6 is 11.8 Å². The molecule has 0 amide bonds. The number of nitrogens with zero attached hydrogens (tertiary/aromatic N) is 2. The second-order valence-electron chi connectivity index (χ2n) is 5.44. The highest BCUT2D eigenvalue weighted by Crippen LogP contribution is 2.29. The zero-order valence-electron chi connectivity index (χ0n) is 14.1. The monoisotopic (exact) mass is 381 g/mol. The molecule has 130 valence electrons. The Kier molecular flexibility index (Phi) is 5.35. The fourth-order valence-corrected chi connectivity index (χ4v) is 3.77. The predicted octanol–water partition coefficient (Wildman–Crippen LogP) is 3.43. The second-order valence-corrected chi connectivity index (χ2v) is 7.58. The summed E-state index contributed by atoms with van der Waals surface area (Å²) in [4.78, 5) is 19.8. The van der Waals surface area contributed by atoms with Crippen molar-refractivity contribution in [2.45, 2.75) is 10.1 Å². The third kappa shape index (κ3) is 3.47. The predicted molar refractivity (Wildman–Crippen MR) is 105 cm³/mol. The van der Waals surface area contributed by atoms with Gasteiger partial charge in [0.05, 0.1) is 16.5 Å². The smallest absolute Gasteiger partial charge is 0.270 e. The van der Waals surface area contributed by atoms with Gasteiger partial charge in [-0.25, -0.2) is 4.98 Å². The van der Waals surface area contributed by atoms with Crippen molar-refractivity contribution in [2.75, 3.05) is 12.5 Å². The Labute approximate surface area is 157 Å². The van der Waals surface area contributed by atoms with E-state index < -0.39 is 16.4 Å². The fourth-order valence-electron chi connectivity index (χ4n) is 2.63. The van der Waals surface area contributed by atoms with Crippen LogP contribution in [-0.2, 0) is 10.8 Å². The summed E-state index contributed by atoms with van der Waals surface area (Å²) in [5, 5.41) is 9.76. The maximum Gasteiger partial charge on any atom is 0.270 e. The molecule has 0 bridgehead atoms. The first-order valence-corrected chi connectivity index (χ1v) is 10.4. The first-order chi connectivity index (χ1) is 12.5. The number of H-pyrrole nitrogens is 1. The van der Waals surface area contributed by atoms with Gasteiger partial charge in [0.25, 0.3) is 5.56 Å². The van der Waals surface area contributed by atoms with E-state index in [1.165, 1.54) is 11.8 Å². The Morgan fingerprint density at radius 2 is 1.77 bits per heavy atom. The van der Waals surface area contributed by atoms with Gasteiger partial charge in [-0.3, -0.25) is 9.00 Å². The molecule has 0 radical (unpaired) electrons. The van der Waals surface area contributed by atoms with Gasteiger partial charge in [0.1, 0.15) is 11.6 Å². The minimum atomic E-state index is -1.10. The molecule has 3 rings (SSSR count). The first-order valence-electron chi connectivity index (χ1n) is 7.67. The summed E-state index contributed by atoms with van der Waals surface area (Å²) in [6.07, 6.45) is 3.45. The van der Waals surface area contributed by atoms with Crippen LogP contribution in [0.25, 0.3) is 22.4 Å². The van der Waals surface area contributed by atoms with Crippen molar-refractivity contribution in [1.82, 2.24) is 9.97 Å². The Morgan fingerprint density at radius 1 is 1.12 bits per heavy atom. The Balaban J connectivity index is 2.10. The summed E-state index contributed by atoms with van der Waals surface area (Å²) in [6.45, 7) is 0. The summed E-state index contributed by atoms with van der Waals surface area (Å²) in [6, 6.07) is 16.8. The van der Waals surface area contributed by atoms with Crippen LogP contribution in [0.4, 0.5) is 0 Å². The quantitative estimate of drug-likeness (QED) is 0.553. The van der Waals surface area contributed by atoms with Gasteiger partial charge in [-0.05, 0) is 23.4 Å². The molecule has 7 heteroatoms. The largest absolute Gasteiger partial charge is 0.300 e.